The van der Waals surface area contributed by atoms with E-state index in [4.69, 9.17) is 0 Å². The van der Waals surface area contributed by atoms with E-state index in [9.17, 15) is 18.3 Å². The van der Waals surface area contributed by atoms with Crippen molar-refractivity contribution in [3.63, 3.8) is 0 Å². The molecule has 1 heterocycles. The molecule has 3 rings (SSSR count). The molecule has 21 heavy (non-hydrogen) atoms. The van der Waals surface area contributed by atoms with Crippen LogP contribution in [0.1, 0.15) is 43.4 Å². The number of rotatable bonds is 5. The maximum absolute atomic E-state index is 11.8. The van der Waals surface area contributed by atoms with Crippen LogP contribution in [0.15, 0.2) is 16.3 Å². The summed E-state index contributed by atoms with van der Waals surface area (Å²) in [5.74, 6) is 0.0297. The summed E-state index contributed by atoms with van der Waals surface area (Å²) in [7, 11) is -3.25. The lowest BCUT2D eigenvalue weighted by Crippen LogP contribution is -2.22. The van der Waals surface area contributed by atoms with E-state index in [1.807, 2.05) is 0 Å². The molecule has 0 saturated heterocycles. The number of sulfone groups is 1. The summed E-state index contributed by atoms with van der Waals surface area (Å²) in [6.45, 7) is 0. The smallest absolute Gasteiger partial charge is 0.315 e. The quantitative estimate of drug-likeness (QED) is 0.901. The number of carbonyl (C=O) groups is 1. The van der Waals surface area contributed by atoms with Crippen LogP contribution in [-0.2, 0) is 20.0 Å². The minimum atomic E-state index is -3.25. The first-order valence-corrected chi connectivity index (χ1v) is 10.1. The van der Waals surface area contributed by atoms with E-state index in [1.54, 1.807) is 12.1 Å². The highest BCUT2D eigenvalue weighted by Crippen LogP contribution is 2.60. The van der Waals surface area contributed by atoms with E-state index in [-0.39, 0.29) is 10.1 Å². The average molecular weight is 328 g/mol. The van der Waals surface area contributed by atoms with Crippen molar-refractivity contribution in [2.24, 2.45) is 11.8 Å². The van der Waals surface area contributed by atoms with Crippen molar-refractivity contribution in [2.45, 2.75) is 48.1 Å². The van der Waals surface area contributed by atoms with Crippen molar-refractivity contribution < 1.29 is 18.3 Å². The summed E-state index contributed by atoms with van der Waals surface area (Å²) in [6, 6.07) is 3.24. The van der Waals surface area contributed by atoms with Crippen LogP contribution in [0.3, 0.4) is 0 Å². The van der Waals surface area contributed by atoms with E-state index in [2.05, 4.69) is 0 Å². The van der Waals surface area contributed by atoms with Crippen LogP contribution in [0.4, 0.5) is 0 Å². The van der Waals surface area contributed by atoms with Crippen molar-refractivity contribution in [1.29, 1.82) is 0 Å². The molecule has 0 amide bonds. The van der Waals surface area contributed by atoms with E-state index in [0.717, 1.165) is 17.8 Å². The molecule has 2 atom stereocenters. The Hall–Kier alpha value is -0.880. The predicted molar refractivity (Wildman–Crippen MR) is 81.4 cm³/mol. The summed E-state index contributed by atoms with van der Waals surface area (Å²) in [5.41, 5.74) is -0.823. The highest BCUT2D eigenvalue weighted by Gasteiger charge is 2.62. The average Bonchev–Trinajstić information content (AvgIpc) is 2.83. The second-order valence-electron chi connectivity index (χ2n) is 6.45. The highest BCUT2D eigenvalue weighted by atomic mass is 32.2. The first-order chi connectivity index (χ1) is 9.84. The van der Waals surface area contributed by atoms with Gasteiger partial charge in [0.2, 0.25) is 0 Å². The van der Waals surface area contributed by atoms with Gasteiger partial charge in [-0.2, -0.15) is 0 Å². The first-order valence-electron chi connectivity index (χ1n) is 7.38. The lowest BCUT2D eigenvalue weighted by molar-refractivity contribution is -0.140. The summed E-state index contributed by atoms with van der Waals surface area (Å²) in [6.07, 6.45) is 7.74. The van der Waals surface area contributed by atoms with Gasteiger partial charge in [0.05, 0.1) is 0 Å². The maximum Gasteiger partial charge on any atom is 0.315 e. The number of thiophene rings is 1. The van der Waals surface area contributed by atoms with Gasteiger partial charge in [0.15, 0.2) is 9.84 Å². The van der Waals surface area contributed by atoms with Crippen LogP contribution in [0.5, 0.6) is 0 Å². The van der Waals surface area contributed by atoms with Crippen LogP contribution in [-0.4, -0.2) is 25.7 Å². The maximum atomic E-state index is 11.8. The third kappa shape index (κ3) is 2.63. The Morgan fingerprint density at radius 1 is 1.38 bits per heavy atom. The number of carboxylic acid groups (broad SMARTS) is 1. The second kappa shape index (κ2) is 5.09. The van der Waals surface area contributed by atoms with Gasteiger partial charge in [-0.1, -0.05) is 25.7 Å². The predicted octanol–water partition coefficient (Wildman–Crippen LogP) is 3.07. The Kier molecular flexibility index (Phi) is 3.64. The van der Waals surface area contributed by atoms with E-state index < -0.39 is 21.2 Å². The molecule has 0 aliphatic heterocycles. The molecule has 0 aromatic carbocycles. The van der Waals surface area contributed by atoms with Gasteiger partial charge in [-0.15, -0.1) is 11.3 Å². The van der Waals surface area contributed by atoms with Gasteiger partial charge in [-0.05, 0) is 36.8 Å². The molecule has 1 N–H and O–H groups in total. The Morgan fingerprint density at radius 2 is 2.05 bits per heavy atom. The summed E-state index contributed by atoms with van der Waals surface area (Å²) < 4.78 is 23.4. The van der Waals surface area contributed by atoms with Crippen LogP contribution in [0, 0.1) is 11.8 Å². The summed E-state index contributed by atoms with van der Waals surface area (Å²) in [5, 5.41) is 9.67. The third-order valence-electron chi connectivity index (χ3n) is 4.97. The van der Waals surface area contributed by atoms with Crippen LogP contribution >= 0.6 is 11.3 Å². The van der Waals surface area contributed by atoms with Gasteiger partial charge in [0.25, 0.3) is 0 Å². The lowest BCUT2D eigenvalue weighted by atomic mass is 9.94. The normalized spacial score (nSPS) is 29.7. The Bertz CT molecular complexity index is 655. The highest BCUT2D eigenvalue weighted by molar-refractivity contribution is 7.92. The van der Waals surface area contributed by atoms with Crippen LogP contribution in [0.2, 0.25) is 0 Å². The zero-order valence-corrected chi connectivity index (χ0v) is 13.7. The fourth-order valence-corrected chi connectivity index (χ4v) is 5.89. The van der Waals surface area contributed by atoms with Gasteiger partial charge in [0, 0.05) is 11.1 Å². The van der Waals surface area contributed by atoms with Gasteiger partial charge >= 0.3 is 5.97 Å². The van der Waals surface area contributed by atoms with Crippen molar-refractivity contribution in [1.82, 2.24) is 0 Å². The molecule has 6 heteroatoms. The fourth-order valence-electron chi connectivity index (χ4n) is 3.69. The molecule has 0 spiro atoms. The molecular weight excluding hydrogens is 308 g/mol. The lowest BCUT2D eigenvalue weighted by Gasteiger charge is -2.13. The van der Waals surface area contributed by atoms with E-state index >= 15 is 0 Å². The molecule has 1 aromatic heterocycles. The molecule has 116 valence electrons. The fraction of sp³-hybridized carbons (Fsp3) is 0.667. The molecule has 2 unspecified atom stereocenters. The van der Waals surface area contributed by atoms with Crippen molar-refractivity contribution >= 4 is 27.1 Å². The SMILES string of the molecule is CS(=O)(=O)c1ccc(C2(C(=O)O)CC2CC2CCCC2)s1. The number of hydrogen-bond acceptors (Lipinski definition) is 4. The number of hydrogen-bond donors (Lipinski definition) is 1. The Labute approximate surface area is 129 Å². The van der Waals surface area contributed by atoms with Crippen LogP contribution < -0.4 is 0 Å². The zero-order valence-electron chi connectivity index (χ0n) is 12.0. The molecular formula is C15H20O4S2. The van der Waals surface area contributed by atoms with Gasteiger partial charge in [-0.3, -0.25) is 4.79 Å². The van der Waals surface area contributed by atoms with Crippen LogP contribution in [0.25, 0.3) is 0 Å². The molecule has 2 fully saturated rings. The summed E-state index contributed by atoms with van der Waals surface area (Å²) in [4.78, 5) is 12.5. The topological polar surface area (TPSA) is 71.4 Å². The zero-order chi connectivity index (χ0) is 15.3. The molecule has 1 aromatic rings. The monoisotopic (exact) mass is 328 g/mol. The molecule has 0 bridgehead atoms. The first kappa shape index (κ1) is 15.0. The van der Waals surface area contributed by atoms with Crippen molar-refractivity contribution in [3.8, 4) is 0 Å². The second-order valence-corrected chi connectivity index (χ2v) is 9.78. The van der Waals surface area contributed by atoms with Crippen molar-refractivity contribution in [2.75, 3.05) is 6.26 Å². The minimum absolute atomic E-state index is 0.171. The largest absolute Gasteiger partial charge is 0.481 e. The Morgan fingerprint density at radius 3 is 2.57 bits per heavy atom. The van der Waals surface area contributed by atoms with Gasteiger partial charge < -0.3 is 5.11 Å². The van der Waals surface area contributed by atoms with E-state index in [0.29, 0.717) is 17.2 Å². The molecule has 2 saturated carbocycles. The minimum Gasteiger partial charge on any atom is -0.481 e. The molecule has 0 radical (unpaired) electrons. The van der Waals surface area contributed by atoms with Crippen molar-refractivity contribution in [3.05, 3.63) is 17.0 Å². The van der Waals surface area contributed by atoms with Gasteiger partial charge in [-0.25, -0.2) is 8.42 Å². The summed E-state index contributed by atoms with van der Waals surface area (Å²) >= 11 is 1.13. The third-order valence-corrected chi connectivity index (χ3v) is 8.05. The Balaban J connectivity index is 1.83. The standard InChI is InChI=1S/C15H20O4S2/c1-21(18,19)13-7-6-12(20-13)15(14(16)17)9-11(15)8-10-4-2-3-5-10/h6-7,10-11H,2-5,8-9H2,1H3,(H,16,17). The molecule has 4 nitrogen and oxygen atoms in total. The van der Waals surface area contributed by atoms with Gasteiger partial charge in [0.1, 0.15) is 9.62 Å². The molecule has 2 aliphatic carbocycles. The molecule has 2 aliphatic rings. The number of aliphatic carboxylic acids is 1. The number of carboxylic acids is 1. The van der Waals surface area contributed by atoms with E-state index in [1.165, 1.54) is 31.9 Å².